The Labute approximate surface area is 120 Å². The molecule has 0 saturated heterocycles. The molecule has 0 aliphatic rings. The summed E-state index contributed by atoms with van der Waals surface area (Å²) >= 11 is 1.76. The quantitative estimate of drug-likeness (QED) is 0.709. The third-order valence-corrected chi connectivity index (χ3v) is 4.19. The average molecular weight is 272 g/mol. The van der Waals surface area contributed by atoms with Gasteiger partial charge in [-0.15, -0.1) is 0 Å². The van der Waals surface area contributed by atoms with Crippen molar-refractivity contribution in [3.05, 3.63) is 60.7 Å². The Bertz CT molecular complexity index is 427. The minimum absolute atomic E-state index is 0.970. The van der Waals surface area contributed by atoms with Crippen molar-refractivity contribution >= 4 is 23.5 Å². The largest absolute Gasteiger partial charge is 0.299 e. The summed E-state index contributed by atoms with van der Waals surface area (Å²) in [6.07, 6.45) is 0. The van der Waals surface area contributed by atoms with Crippen LogP contribution in [0.15, 0.2) is 60.7 Å². The molecule has 0 amide bonds. The zero-order valence-electron chi connectivity index (χ0n) is 11.5. The molecule has 0 saturated carbocycles. The van der Waals surface area contributed by atoms with Crippen molar-refractivity contribution in [3.63, 3.8) is 0 Å². The summed E-state index contributed by atoms with van der Waals surface area (Å²) in [6, 6.07) is 21.0. The minimum atomic E-state index is 0.970. The predicted molar refractivity (Wildman–Crippen MR) is 86.5 cm³/mol. The molecular formula is C16H20N2S. The molecule has 19 heavy (non-hydrogen) atoms. The molecule has 2 aromatic carbocycles. The topological polar surface area (TPSA) is 6.48 Å². The van der Waals surface area contributed by atoms with Crippen molar-refractivity contribution in [1.29, 1.82) is 0 Å². The Morgan fingerprint density at radius 1 is 0.684 bits per heavy atom. The highest BCUT2D eigenvalue weighted by Crippen LogP contribution is 2.28. The van der Waals surface area contributed by atoms with Gasteiger partial charge < -0.3 is 0 Å². The fourth-order valence-electron chi connectivity index (χ4n) is 1.88. The second kappa shape index (κ2) is 7.10. The van der Waals surface area contributed by atoms with Gasteiger partial charge in [-0.25, -0.2) is 0 Å². The van der Waals surface area contributed by atoms with Crippen LogP contribution >= 0.6 is 12.1 Å². The summed E-state index contributed by atoms with van der Waals surface area (Å²) in [5, 5.41) is 0. The van der Waals surface area contributed by atoms with Crippen molar-refractivity contribution in [3.8, 4) is 0 Å². The number of para-hydroxylation sites is 2. The number of nitrogens with zero attached hydrogens (tertiary/aromatic N) is 2. The maximum Gasteiger partial charge on any atom is 0.0713 e. The van der Waals surface area contributed by atoms with Crippen LogP contribution in [0, 0.1) is 0 Å². The molecule has 3 heteroatoms. The molecule has 0 heterocycles. The summed E-state index contributed by atoms with van der Waals surface area (Å²) in [7, 11) is 0. The molecule has 0 fully saturated rings. The van der Waals surface area contributed by atoms with Gasteiger partial charge in [-0.3, -0.25) is 8.61 Å². The Morgan fingerprint density at radius 3 is 1.37 bits per heavy atom. The Balaban J connectivity index is 2.13. The number of rotatable bonds is 6. The summed E-state index contributed by atoms with van der Waals surface area (Å²) in [5.41, 5.74) is 2.48. The van der Waals surface area contributed by atoms with E-state index in [0.717, 1.165) is 13.1 Å². The van der Waals surface area contributed by atoms with E-state index in [0.29, 0.717) is 0 Å². The highest BCUT2D eigenvalue weighted by atomic mass is 32.2. The summed E-state index contributed by atoms with van der Waals surface area (Å²) in [6.45, 7) is 6.30. The summed E-state index contributed by atoms with van der Waals surface area (Å²) in [5.74, 6) is 0. The van der Waals surface area contributed by atoms with Gasteiger partial charge in [0.15, 0.2) is 0 Å². The van der Waals surface area contributed by atoms with Gasteiger partial charge in [0, 0.05) is 24.5 Å². The van der Waals surface area contributed by atoms with E-state index in [2.05, 4.69) is 83.1 Å². The van der Waals surface area contributed by atoms with Gasteiger partial charge in [-0.05, 0) is 38.1 Å². The summed E-state index contributed by atoms with van der Waals surface area (Å²) < 4.78 is 4.60. The van der Waals surface area contributed by atoms with Crippen molar-refractivity contribution in [2.75, 3.05) is 21.7 Å². The molecule has 0 unspecified atom stereocenters. The number of hydrogen-bond donors (Lipinski definition) is 0. The van der Waals surface area contributed by atoms with Gasteiger partial charge >= 0.3 is 0 Å². The van der Waals surface area contributed by atoms with Crippen LogP contribution in [-0.2, 0) is 0 Å². The van der Waals surface area contributed by atoms with E-state index in [1.54, 1.807) is 12.1 Å². The van der Waals surface area contributed by atoms with Crippen LogP contribution in [0.4, 0.5) is 11.4 Å². The van der Waals surface area contributed by atoms with Gasteiger partial charge in [0.25, 0.3) is 0 Å². The van der Waals surface area contributed by atoms with E-state index in [1.165, 1.54) is 11.4 Å². The maximum absolute atomic E-state index is 2.30. The van der Waals surface area contributed by atoms with Crippen LogP contribution in [0.2, 0.25) is 0 Å². The molecule has 2 rings (SSSR count). The van der Waals surface area contributed by atoms with E-state index in [9.17, 15) is 0 Å². The number of benzene rings is 2. The van der Waals surface area contributed by atoms with E-state index >= 15 is 0 Å². The molecular weight excluding hydrogens is 252 g/mol. The first-order valence-corrected chi connectivity index (χ1v) is 7.41. The molecule has 0 bridgehead atoms. The molecule has 0 spiro atoms. The molecule has 0 N–H and O–H groups in total. The van der Waals surface area contributed by atoms with Crippen molar-refractivity contribution in [2.45, 2.75) is 13.8 Å². The highest BCUT2D eigenvalue weighted by molar-refractivity contribution is 8.02. The molecule has 2 nitrogen and oxygen atoms in total. The van der Waals surface area contributed by atoms with Crippen LogP contribution in [0.1, 0.15) is 13.8 Å². The standard InChI is InChI=1S/C16H20N2S/c1-3-17(15-11-7-5-8-12-15)19-18(4-2)16-13-9-6-10-14-16/h5-14H,3-4H2,1-2H3. The molecule has 2 aromatic rings. The SMILES string of the molecule is CCN(SN(CC)c1ccccc1)c1ccccc1. The highest BCUT2D eigenvalue weighted by Gasteiger charge is 2.11. The van der Waals surface area contributed by atoms with Crippen LogP contribution in [0.3, 0.4) is 0 Å². The molecule has 0 aliphatic carbocycles. The third-order valence-electron chi connectivity index (χ3n) is 2.86. The Morgan fingerprint density at radius 2 is 1.05 bits per heavy atom. The molecule has 0 atom stereocenters. The first-order valence-electron chi connectivity index (χ1n) is 6.68. The lowest BCUT2D eigenvalue weighted by Gasteiger charge is -2.29. The predicted octanol–water partition coefficient (Wildman–Crippen LogP) is 4.60. The first kappa shape index (κ1) is 13.8. The normalized spacial score (nSPS) is 10.2. The van der Waals surface area contributed by atoms with Gasteiger partial charge in [-0.2, -0.15) is 0 Å². The van der Waals surface area contributed by atoms with Crippen LogP contribution in [-0.4, -0.2) is 13.1 Å². The van der Waals surface area contributed by atoms with Gasteiger partial charge in [0.1, 0.15) is 0 Å². The second-order valence-electron chi connectivity index (χ2n) is 4.14. The molecule has 0 aliphatic heterocycles. The van der Waals surface area contributed by atoms with Crippen molar-refractivity contribution in [1.82, 2.24) is 0 Å². The van der Waals surface area contributed by atoms with Crippen LogP contribution in [0.5, 0.6) is 0 Å². The van der Waals surface area contributed by atoms with Crippen LogP contribution < -0.4 is 8.61 Å². The first-order chi connectivity index (χ1) is 9.35. The van der Waals surface area contributed by atoms with E-state index in [-0.39, 0.29) is 0 Å². The number of hydrogen-bond acceptors (Lipinski definition) is 3. The lowest BCUT2D eigenvalue weighted by Crippen LogP contribution is -2.24. The van der Waals surface area contributed by atoms with Gasteiger partial charge in [-0.1, -0.05) is 36.4 Å². The van der Waals surface area contributed by atoms with Crippen LogP contribution in [0.25, 0.3) is 0 Å². The lowest BCUT2D eigenvalue weighted by atomic mass is 10.3. The lowest BCUT2D eigenvalue weighted by molar-refractivity contribution is 1.07. The fourth-order valence-corrected chi connectivity index (χ4v) is 2.78. The van der Waals surface area contributed by atoms with E-state index in [4.69, 9.17) is 0 Å². The van der Waals surface area contributed by atoms with Crippen molar-refractivity contribution < 1.29 is 0 Å². The van der Waals surface area contributed by atoms with Gasteiger partial charge in [0.2, 0.25) is 0 Å². The number of anilines is 2. The zero-order valence-corrected chi connectivity index (χ0v) is 12.3. The van der Waals surface area contributed by atoms with E-state index in [1.807, 2.05) is 0 Å². The Hall–Kier alpha value is -1.61. The molecule has 0 aromatic heterocycles. The summed E-state index contributed by atoms with van der Waals surface area (Å²) in [4.78, 5) is 0. The van der Waals surface area contributed by atoms with E-state index < -0.39 is 0 Å². The zero-order chi connectivity index (χ0) is 13.5. The monoisotopic (exact) mass is 272 g/mol. The van der Waals surface area contributed by atoms with Crippen molar-refractivity contribution in [2.24, 2.45) is 0 Å². The minimum Gasteiger partial charge on any atom is -0.299 e. The smallest absolute Gasteiger partial charge is 0.0713 e. The second-order valence-corrected chi connectivity index (χ2v) is 5.19. The fraction of sp³-hybridized carbons (Fsp3) is 0.250. The third kappa shape index (κ3) is 3.67. The Kier molecular flexibility index (Phi) is 5.16. The van der Waals surface area contributed by atoms with Gasteiger partial charge in [0.05, 0.1) is 12.1 Å². The maximum atomic E-state index is 2.30. The average Bonchev–Trinajstić information content (AvgIpc) is 2.50. The molecule has 100 valence electrons. The molecule has 0 radical (unpaired) electrons.